The molecule has 0 aliphatic heterocycles. The van der Waals surface area contributed by atoms with Gasteiger partial charge in [-0.2, -0.15) is 0 Å². The van der Waals surface area contributed by atoms with Crippen LogP contribution in [-0.2, 0) is 10.3 Å². The molecule has 92 valence electrons. The number of hydrogen-bond donors (Lipinski definition) is 1. The number of amides is 1. The van der Waals surface area contributed by atoms with E-state index in [0.29, 0.717) is 0 Å². The Morgan fingerprint density at radius 1 is 1.05 bits per heavy atom. The Balaban J connectivity index is 2.36. The summed E-state index contributed by atoms with van der Waals surface area (Å²) in [5, 5.41) is 0. The van der Waals surface area contributed by atoms with Crippen molar-refractivity contribution in [3.05, 3.63) is 59.7 Å². The molecule has 19 heavy (non-hydrogen) atoms. The van der Waals surface area contributed by atoms with Crippen LogP contribution < -0.4 is 5.73 Å². The van der Waals surface area contributed by atoms with Crippen LogP contribution in [0.3, 0.4) is 0 Å². The van der Waals surface area contributed by atoms with Gasteiger partial charge in [0.2, 0.25) is 5.60 Å². The van der Waals surface area contributed by atoms with E-state index in [1.807, 2.05) is 48.5 Å². The molecule has 1 amide bonds. The Kier molecular flexibility index (Phi) is 2.33. The minimum atomic E-state index is -1.22. The second kappa shape index (κ2) is 3.89. The highest BCUT2D eigenvalue weighted by Gasteiger charge is 2.44. The molecule has 2 aromatic carbocycles. The number of hydrogen-bond acceptors (Lipinski definition) is 2. The number of carbonyl (C=O) groups excluding carboxylic acids is 1. The fourth-order valence-electron chi connectivity index (χ4n) is 2.64. The molecule has 1 aliphatic rings. The fraction of sp³-hybridized carbons (Fsp3) is 0.0625. The summed E-state index contributed by atoms with van der Waals surface area (Å²) in [6.45, 7) is 0. The summed E-state index contributed by atoms with van der Waals surface area (Å²) in [6.07, 6.45) is 4.78. The number of nitrogens with two attached hydrogens (primary N) is 1. The molecular formula is C16H11NO2. The van der Waals surface area contributed by atoms with Crippen molar-refractivity contribution in [1.82, 2.24) is 0 Å². The smallest absolute Gasteiger partial charge is 0.406 e. The first-order chi connectivity index (χ1) is 9.19. The molecule has 3 nitrogen and oxygen atoms in total. The van der Waals surface area contributed by atoms with Gasteiger partial charge in [0.15, 0.2) is 0 Å². The molecule has 0 unspecified atom stereocenters. The van der Waals surface area contributed by atoms with Gasteiger partial charge in [0.1, 0.15) is 0 Å². The minimum absolute atomic E-state index is 0.775. The van der Waals surface area contributed by atoms with Crippen molar-refractivity contribution in [1.29, 1.82) is 0 Å². The third-order valence-electron chi connectivity index (χ3n) is 3.36. The molecular weight excluding hydrogens is 238 g/mol. The summed E-state index contributed by atoms with van der Waals surface area (Å²) in [5.74, 6) is 2.60. The van der Waals surface area contributed by atoms with Gasteiger partial charge in [-0.25, -0.2) is 4.79 Å². The van der Waals surface area contributed by atoms with Crippen molar-refractivity contribution in [2.24, 2.45) is 5.73 Å². The van der Waals surface area contributed by atoms with Gasteiger partial charge >= 0.3 is 6.09 Å². The lowest BCUT2D eigenvalue weighted by molar-refractivity contribution is 0.0894. The number of benzene rings is 2. The largest absolute Gasteiger partial charge is 0.421 e. The van der Waals surface area contributed by atoms with Gasteiger partial charge < -0.3 is 10.5 Å². The quantitative estimate of drug-likeness (QED) is 0.790. The van der Waals surface area contributed by atoms with E-state index in [2.05, 4.69) is 5.92 Å². The lowest BCUT2D eigenvalue weighted by atomic mass is 9.92. The normalized spacial score (nSPS) is 14.1. The Morgan fingerprint density at radius 3 is 1.95 bits per heavy atom. The third-order valence-corrected chi connectivity index (χ3v) is 3.36. The lowest BCUT2D eigenvalue weighted by Crippen LogP contribution is -2.32. The summed E-state index contributed by atoms with van der Waals surface area (Å²) in [5.41, 5.74) is 7.46. The van der Waals surface area contributed by atoms with E-state index in [1.54, 1.807) is 0 Å². The molecule has 0 bridgehead atoms. The highest BCUT2D eigenvalue weighted by atomic mass is 16.6. The second-order valence-corrected chi connectivity index (χ2v) is 4.34. The van der Waals surface area contributed by atoms with Crippen molar-refractivity contribution in [3.63, 3.8) is 0 Å². The van der Waals surface area contributed by atoms with E-state index in [0.717, 1.165) is 22.3 Å². The van der Waals surface area contributed by atoms with Crippen LogP contribution in [0.1, 0.15) is 11.1 Å². The van der Waals surface area contributed by atoms with Crippen LogP contribution in [0.5, 0.6) is 0 Å². The Bertz CT molecular complexity index is 667. The van der Waals surface area contributed by atoms with Crippen molar-refractivity contribution in [3.8, 4) is 23.5 Å². The van der Waals surface area contributed by atoms with Crippen molar-refractivity contribution < 1.29 is 9.53 Å². The van der Waals surface area contributed by atoms with Crippen LogP contribution in [-0.4, -0.2) is 6.09 Å². The molecule has 0 saturated heterocycles. The minimum Gasteiger partial charge on any atom is -0.421 e. The second-order valence-electron chi connectivity index (χ2n) is 4.34. The first-order valence-electron chi connectivity index (χ1n) is 5.84. The molecule has 0 radical (unpaired) electrons. The van der Waals surface area contributed by atoms with Gasteiger partial charge in [-0.15, -0.1) is 6.42 Å². The summed E-state index contributed by atoms with van der Waals surface area (Å²) in [6, 6.07) is 15.2. The van der Waals surface area contributed by atoms with Crippen molar-refractivity contribution in [2.75, 3.05) is 0 Å². The van der Waals surface area contributed by atoms with Gasteiger partial charge in [-0.05, 0) is 17.0 Å². The maximum atomic E-state index is 11.2. The van der Waals surface area contributed by atoms with Crippen LogP contribution in [0.4, 0.5) is 4.79 Å². The first-order valence-corrected chi connectivity index (χ1v) is 5.84. The summed E-state index contributed by atoms with van der Waals surface area (Å²) < 4.78 is 5.30. The highest BCUT2D eigenvalue weighted by molar-refractivity contribution is 5.83. The number of ether oxygens (including phenoxy) is 1. The molecule has 2 aromatic rings. The molecule has 0 saturated carbocycles. The fourth-order valence-corrected chi connectivity index (χ4v) is 2.64. The van der Waals surface area contributed by atoms with Crippen LogP contribution in [0.2, 0.25) is 0 Å². The summed E-state index contributed by atoms with van der Waals surface area (Å²) >= 11 is 0. The summed E-state index contributed by atoms with van der Waals surface area (Å²) in [4.78, 5) is 11.2. The maximum Gasteiger partial charge on any atom is 0.406 e. The van der Waals surface area contributed by atoms with Gasteiger partial charge in [-0.1, -0.05) is 48.5 Å². The van der Waals surface area contributed by atoms with Gasteiger partial charge in [0, 0.05) is 11.1 Å². The zero-order valence-corrected chi connectivity index (χ0v) is 10.1. The predicted molar refractivity (Wildman–Crippen MR) is 72.2 cm³/mol. The highest BCUT2D eigenvalue weighted by Crippen LogP contribution is 2.49. The van der Waals surface area contributed by atoms with E-state index in [-0.39, 0.29) is 0 Å². The average molecular weight is 249 g/mol. The van der Waals surface area contributed by atoms with Gasteiger partial charge in [-0.3, -0.25) is 0 Å². The van der Waals surface area contributed by atoms with Gasteiger partial charge in [0.25, 0.3) is 0 Å². The van der Waals surface area contributed by atoms with Crippen LogP contribution in [0, 0.1) is 12.3 Å². The number of fused-ring (bicyclic) bond motifs is 3. The van der Waals surface area contributed by atoms with Crippen LogP contribution in [0.25, 0.3) is 11.1 Å². The Hall–Kier alpha value is -2.73. The Labute approximate surface area is 111 Å². The number of primary amides is 1. The SMILES string of the molecule is C#CC1(OC(N)=O)c2ccccc2-c2ccccc21. The first kappa shape index (κ1) is 11.4. The average Bonchev–Trinajstić information content (AvgIpc) is 2.71. The third kappa shape index (κ3) is 1.44. The zero-order valence-electron chi connectivity index (χ0n) is 10.1. The van der Waals surface area contributed by atoms with Gasteiger partial charge in [0.05, 0.1) is 0 Å². The molecule has 1 aliphatic carbocycles. The van der Waals surface area contributed by atoms with Crippen LogP contribution in [0.15, 0.2) is 48.5 Å². The maximum absolute atomic E-state index is 11.2. The zero-order chi connectivity index (χ0) is 13.5. The van der Waals surface area contributed by atoms with E-state index < -0.39 is 11.7 Å². The van der Waals surface area contributed by atoms with Crippen LogP contribution >= 0.6 is 0 Å². The number of carbonyl (C=O) groups is 1. The van der Waals surface area contributed by atoms with Crippen molar-refractivity contribution in [2.45, 2.75) is 5.60 Å². The molecule has 0 aromatic heterocycles. The van der Waals surface area contributed by atoms with Crippen molar-refractivity contribution >= 4 is 6.09 Å². The molecule has 0 heterocycles. The van der Waals surface area contributed by atoms with E-state index in [4.69, 9.17) is 16.9 Å². The predicted octanol–water partition coefficient (Wildman–Crippen LogP) is 2.64. The Morgan fingerprint density at radius 2 is 1.53 bits per heavy atom. The van der Waals surface area contributed by atoms with E-state index in [1.165, 1.54) is 0 Å². The molecule has 0 spiro atoms. The molecule has 3 heteroatoms. The molecule has 2 N–H and O–H groups in total. The lowest BCUT2D eigenvalue weighted by Gasteiger charge is -2.24. The molecule has 0 fully saturated rings. The monoisotopic (exact) mass is 249 g/mol. The molecule has 3 rings (SSSR count). The number of terminal acetylenes is 1. The molecule has 0 atom stereocenters. The topological polar surface area (TPSA) is 52.3 Å². The van der Waals surface area contributed by atoms with E-state index >= 15 is 0 Å². The number of rotatable bonds is 1. The standard InChI is InChI=1S/C16H11NO2/c1-2-16(19-15(17)18)13-9-5-3-7-11(13)12-8-4-6-10-14(12)16/h1,3-10H,(H2,17,18). The summed E-state index contributed by atoms with van der Waals surface area (Å²) in [7, 11) is 0. The van der Waals surface area contributed by atoms with E-state index in [9.17, 15) is 4.79 Å².